The third kappa shape index (κ3) is 3.38. The summed E-state index contributed by atoms with van der Waals surface area (Å²) in [4.78, 5) is 23.6. The van der Waals surface area contributed by atoms with Crippen LogP contribution in [0.3, 0.4) is 0 Å². The molecular formula is C18H15NO5. The Kier molecular flexibility index (Phi) is 4.20. The molecule has 1 amide bonds. The zero-order valence-electron chi connectivity index (χ0n) is 12.9. The van der Waals surface area contributed by atoms with Crippen molar-refractivity contribution in [3.8, 4) is 11.5 Å². The van der Waals surface area contributed by atoms with Crippen LogP contribution in [0.15, 0.2) is 48.2 Å². The number of fused-ring (bicyclic) bond motifs is 1. The lowest BCUT2D eigenvalue weighted by Gasteiger charge is -2.07. The van der Waals surface area contributed by atoms with E-state index in [1.165, 1.54) is 6.08 Å². The van der Waals surface area contributed by atoms with E-state index in [1.807, 2.05) is 6.92 Å². The molecule has 0 fully saturated rings. The molecule has 1 heterocycles. The number of carbonyl (C=O) groups excluding carboxylic acids is 1. The number of hydrogen-bond acceptors (Lipinski definition) is 4. The lowest BCUT2D eigenvalue weighted by atomic mass is 10.1. The second-order valence-electron chi connectivity index (χ2n) is 5.30. The molecule has 0 radical (unpaired) electrons. The zero-order chi connectivity index (χ0) is 17.1. The van der Waals surface area contributed by atoms with Gasteiger partial charge in [0.05, 0.1) is 0 Å². The molecule has 0 saturated heterocycles. The van der Waals surface area contributed by atoms with Gasteiger partial charge in [-0.15, -0.1) is 0 Å². The van der Waals surface area contributed by atoms with Crippen LogP contribution in [-0.2, 0) is 4.79 Å². The smallest absolute Gasteiger partial charge is 0.352 e. The number of nitrogens with one attached hydrogen (secondary N) is 1. The fourth-order valence-corrected chi connectivity index (χ4v) is 2.22. The molecule has 0 atom stereocenters. The molecule has 6 nitrogen and oxygen atoms in total. The normalized spacial score (nSPS) is 12.8. The standard InChI is InChI=1S/C18H15NO5/c1-11-2-5-13(6-3-11)17(20)19-14(18(21)22)8-12-4-7-15-16(9-12)24-10-23-15/h2-9H,10H2,1H3,(H,19,20)(H,21,22)/b14-8-. The van der Waals surface area contributed by atoms with E-state index < -0.39 is 11.9 Å². The van der Waals surface area contributed by atoms with Crippen LogP contribution in [0, 0.1) is 6.92 Å². The van der Waals surface area contributed by atoms with E-state index >= 15 is 0 Å². The largest absolute Gasteiger partial charge is 0.477 e. The van der Waals surface area contributed by atoms with Gasteiger partial charge in [0.25, 0.3) is 5.91 Å². The summed E-state index contributed by atoms with van der Waals surface area (Å²) in [6.45, 7) is 2.04. The highest BCUT2D eigenvalue weighted by Crippen LogP contribution is 2.33. The van der Waals surface area contributed by atoms with Gasteiger partial charge in [-0.25, -0.2) is 4.79 Å². The first-order valence-electron chi connectivity index (χ1n) is 7.25. The SMILES string of the molecule is Cc1ccc(C(=O)N/C(=C\c2ccc3c(c2)OCO3)C(=O)O)cc1. The number of rotatable bonds is 4. The molecule has 2 N–H and O–H groups in total. The van der Waals surface area contributed by atoms with Gasteiger partial charge in [0.2, 0.25) is 6.79 Å². The van der Waals surface area contributed by atoms with Crippen LogP contribution < -0.4 is 14.8 Å². The Bertz CT molecular complexity index is 824. The van der Waals surface area contributed by atoms with Gasteiger partial charge >= 0.3 is 5.97 Å². The number of carbonyl (C=O) groups is 2. The van der Waals surface area contributed by atoms with Crippen LogP contribution in [0.1, 0.15) is 21.5 Å². The molecule has 0 unspecified atom stereocenters. The van der Waals surface area contributed by atoms with E-state index in [9.17, 15) is 14.7 Å². The Morgan fingerprint density at radius 3 is 2.50 bits per heavy atom. The summed E-state index contributed by atoms with van der Waals surface area (Å²) in [5.74, 6) is -0.566. The maximum absolute atomic E-state index is 12.2. The Balaban J connectivity index is 1.83. The molecule has 6 heteroatoms. The lowest BCUT2D eigenvalue weighted by Crippen LogP contribution is -2.27. The third-order valence-electron chi connectivity index (χ3n) is 3.50. The molecule has 2 aromatic carbocycles. The summed E-state index contributed by atoms with van der Waals surface area (Å²) < 4.78 is 10.5. The average Bonchev–Trinajstić information content (AvgIpc) is 3.02. The van der Waals surface area contributed by atoms with Crippen molar-refractivity contribution in [1.82, 2.24) is 5.32 Å². The van der Waals surface area contributed by atoms with Gasteiger partial charge in [0.1, 0.15) is 5.70 Å². The topological polar surface area (TPSA) is 84.9 Å². The first-order valence-corrected chi connectivity index (χ1v) is 7.25. The molecule has 122 valence electrons. The van der Waals surface area contributed by atoms with Gasteiger partial charge in [0.15, 0.2) is 11.5 Å². The summed E-state index contributed by atoms with van der Waals surface area (Å²) in [5.41, 5.74) is 1.76. The quantitative estimate of drug-likeness (QED) is 0.844. The summed E-state index contributed by atoms with van der Waals surface area (Å²) in [6, 6.07) is 11.9. The van der Waals surface area contributed by atoms with Crippen LogP contribution in [-0.4, -0.2) is 23.8 Å². The summed E-state index contributed by atoms with van der Waals surface area (Å²) >= 11 is 0. The van der Waals surface area contributed by atoms with Gasteiger partial charge in [-0.1, -0.05) is 23.8 Å². The minimum atomic E-state index is -1.23. The number of hydrogen-bond donors (Lipinski definition) is 2. The van der Waals surface area contributed by atoms with Crippen molar-refractivity contribution < 1.29 is 24.2 Å². The number of ether oxygens (including phenoxy) is 2. The lowest BCUT2D eigenvalue weighted by molar-refractivity contribution is -0.132. The van der Waals surface area contributed by atoms with E-state index in [2.05, 4.69) is 5.32 Å². The molecule has 1 aliphatic heterocycles. The molecule has 0 aromatic heterocycles. The summed E-state index contributed by atoms with van der Waals surface area (Å²) in [7, 11) is 0. The van der Waals surface area contributed by atoms with E-state index in [1.54, 1.807) is 42.5 Å². The van der Waals surface area contributed by atoms with Crippen LogP contribution in [0.5, 0.6) is 11.5 Å². The van der Waals surface area contributed by atoms with Crippen molar-refractivity contribution in [3.05, 3.63) is 64.9 Å². The Labute approximate surface area is 138 Å². The van der Waals surface area contributed by atoms with E-state index in [4.69, 9.17) is 9.47 Å². The number of benzene rings is 2. The Morgan fingerprint density at radius 2 is 1.79 bits per heavy atom. The summed E-state index contributed by atoms with van der Waals surface area (Å²) in [6.07, 6.45) is 1.37. The van der Waals surface area contributed by atoms with Crippen molar-refractivity contribution in [2.45, 2.75) is 6.92 Å². The zero-order valence-corrected chi connectivity index (χ0v) is 12.9. The predicted molar refractivity (Wildman–Crippen MR) is 86.8 cm³/mol. The molecule has 0 saturated carbocycles. The van der Waals surface area contributed by atoms with E-state index in [-0.39, 0.29) is 12.5 Å². The van der Waals surface area contributed by atoms with Gasteiger partial charge < -0.3 is 19.9 Å². The first-order chi connectivity index (χ1) is 11.5. The van der Waals surface area contributed by atoms with Gasteiger partial charge in [-0.05, 0) is 42.8 Å². The highest BCUT2D eigenvalue weighted by atomic mass is 16.7. The first kappa shape index (κ1) is 15.6. The predicted octanol–water partition coefficient (Wildman–Crippen LogP) is 2.58. The molecule has 1 aliphatic rings. The van der Waals surface area contributed by atoms with Crippen LogP contribution in [0.2, 0.25) is 0 Å². The number of amides is 1. The molecule has 2 aromatic rings. The van der Waals surface area contributed by atoms with Crippen molar-refractivity contribution in [1.29, 1.82) is 0 Å². The highest BCUT2D eigenvalue weighted by Gasteiger charge is 2.16. The number of aryl methyl sites for hydroxylation is 1. The summed E-state index contributed by atoms with van der Waals surface area (Å²) in [5, 5.41) is 11.7. The second-order valence-corrected chi connectivity index (χ2v) is 5.30. The van der Waals surface area contributed by atoms with Crippen molar-refractivity contribution in [2.75, 3.05) is 6.79 Å². The van der Waals surface area contributed by atoms with E-state index in [0.717, 1.165) is 5.56 Å². The molecule has 0 aliphatic carbocycles. The minimum absolute atomic E-state index is 0.137. The van der Waals surface area contributed by atoms with Gasteiger partial charge in [-0.3, -0.25) is 4.79 Å². The number of carboxylic acids is 1. The van der Waals surface area contributed by atoms with Crippen molar-refractivity contribution >= 4 is 18.0 Å². The van der Waals surface area contributed by atoms with Crippen molar-refractivity contribution in [3.63, 3.8) is 0 Å². The maximum Gasteiger partial charge on any atom is 0.352 e. The monoisotopic (exact) mass is 325 g/mol. The average molecular weight is 325 g/mol. The second kappa shape index (κ2) is 6.45. The molecule has 3 rings (SSSR count). The number of aliphatic carboxylic acids is 1. The highest BCUT2D eigenvalue weighted by molar-refractivity contribution is 6.02. The van der Waals surface area contributed by atoms with Crippen molar-refractivity contribution in [2.24, 2.45) is 0 Å². The third-order valence-corrected chi connectivity index (χ3v) is 3.50. The number of carboxylic acid groups (broad SMARTS) is 1. The maximum atomic E-state index is 12.2. The van der Waals surface area contributed by atoms with Gasteiger partial charge in [0, 0.05) is 5.56 Å². The van der Waals surface area contributed by atoms with Crippen LogP contribution >= 0.6 is 0 Å². The minimum Gasteiger partial charge on any atom is -0.477 e. The Hall–Kier alpha value is -3.28. The molecule has 0 bridgehead atoms. The molecule has 0 spiro atoms. The van der Waals surface area contributed by atoms with Gasteiger partial charge in [-0.2, -0.15) is 0 Å². The Morgan fingerprint density at radius 1 is 1.08 bits per heavy atom. The van der Waals surface area contributed by atoms with E-state index in [0.29, 0.717) is 22.6 Å². The fourth-order valence-electron chi connectivity index (χ4n) is 2.22. The van der Waals surface area contributed by atoms with Crippen LogP contribution in [0.4, 0.5) is 0 Å². The molecule has 24 heavy (non-hydrogen) atoms. The molecular weight excluding hydrogens is 310 g/mol. The van der Waals surface area contributed by atoms with Crippen LogP contribution in [0.25, 0.3) is 6.08 Å². The fraction of sp³-hybridized carbons (Fsp3) is 0.111.